The molecule has 0 aliphatic rings. The van der Waals surface area contributed by atoms with E-state index < -0.39 is 5.97 Å². The van der Waals surface area contributed by atoms with E-state index in [9.17, 15) is 4.79 Å². The summed E-state index contributed by atoms with van der Waals surface area (Å²) in [7, 11) is 0. The van der Waals surface area contributed by atoms with Crippen LogP contribution in [0.2, 0.25) is 0 Å². The summed E-state index contributed by atoms with van der Waals surface area (Å²) in [6, 6.07) is 3.24. The molecule has 0 aliphatic heterocycles. The van der Waals surface area contributed by atoms with E-state index in [-0.39, 0.29) is 5.76 Å². The van der Waals surface area contributed by atoms with Crippen LogP contribution in [0.3, 0.4) is 0 Å². The Hall–Kier alpha value is -1.29. The van der Waals surface area contributed by atoms with Crippen molar-refractivity contribution in [3.8, 4) is 0 Å². The smallest absolute Gasteiger partial charge is 0.374 e. The quantitative estimate of drug-likeness (QED) is 0.553. The van der Waals surface area contributed by atoms with Crippen LogP contribution in [0.25, 0.3) is 0 Å². The van der Waals surface area contributed by atoms with Gasteiger partial charge in [-0.2, -0.15) is 0 Å². The molecule has 1 aromatic heterocycles. The van der Waals surface area contributed by atoms with Gasteiger partial charge in [-0.1, -0.05) is 6.92 Å². The van der Waals surface area contributed by atoms with Crippen LogP contribution < -0.4 is 5.32 Å². The van der Waals surface area contributed by atoms with Gasteiger partial charge in [0.1, 0.15) is 6.61 Å². The van der Waals surface area contributed by atoms with Gasteiger partial charge in [0, 0.05) is 6.54 Å². The molecule has 1 aromatic rings. The number of ether oxygens (including phenoxy) is 1. The van der Waals surface area contributed by atoms with E-state index >= 15 is 0 Å². The second-order valence-corrected chi connectivity index (χ2v) is 2.86. The number of esters is 1. The van der Waals surface area contributed by atoms with Crippen molar-refractivity contribution in [3.05, 3.63) is 24.2 Å². The first-order chi connectivity index (χ1) is 6.84. The summed E-state index contributed by atoms with van der Waals surface area (Å²) >= 11 is 0. The van der Waals surface area contributed by atoms with E-state index in [0.717, 1.165) is 13.0 Å². The van der Waals surface area contributed by atoms with Gasteiger partial charge in [0.15, 0.2) is 0 Å². The third-order valence-electron chi connectivity index (χ3n) is 1.66. The Balaban J connectivity index is 2.10. The van der Waals surface area contributed by atoms with Gasteiger partial charge >= 0.3 is 5.97 Å². The van der Waals surface area contributed by atoms with Crippen LogP contribution in [-0.4, -0.2) is 25.7 Å². The fourth-order valence-electron chi connectivity index (χ4n) is 0.984. The van der Waals surface area contributed by atoms with E-state index in [1.54, 1.807) is 12.1 Å². The number of hydrogen-bond donors (Lipinski definition) is 1. The molecule has 1 N–H and O–H groups in total. The first kappa shape index (κ1) is 10.8. The Morgan fingerprint density at radius 3 is 3.07 bits per heavy atom. The molecule has 0 spiro atoms. The van der Waals surface area contributed by atoms with Gasteiger partial charge in [-0.05, 0) is 25.1 Å². The molecule has 0 aliphatic carbocycles. The van der Waals surface area contributed by atoms with E-state index in [2.05, 4.69) is 12.2 Å². The maximum absolute atomic E-state index is 11.2. The van der Waals surface area contributed by atoms with Gasteiger partial charge < -0.3 is 14.5 Å². The highest BCUT2D eigenvalue weighted by Gasteiger charge is 2.08. The van der Waals surface area contributed by atoms with Gasteiger partial charge in [-0.15, -0.1) is 0 Å². The van der Waals surface area contributed by atoms with Crippen molar-refractivity contribution in [2.45, 2.75) is 13.3 Å². The zero-order valence-electron chi connectivity index (χ0n) is 8.29. The molecule has 0 atom stereocenters. The van der Waals surface area contributed by atoms with Crippen molar-refractivity contribution in [3.63, 3.8) is 0 Å². The zero-order valence-corrected chi connectivity index (χ0v) is 8.29. The number of hydrogen-bond acceptors (Lipinski definition) is 4. The third-order valence-corrected chi connectivity index (χ3v) is 1.66. The Morgan fingerprint density at radius 1 is 1.57 bits per heavy atom. The molecule has 0 saturated carbocycles. The number of furan rings is 1. The summed E-state index contributed by atoms with van der Waals surface area (Å²) < 4.78 is 9.82. The van der Waals surface area contributed by atoms with Crippen LogP contribution in [0, 0.1) is 0 Å². The number of carbonyl (C=O) groups excluding carboxylic acids is 1. The molecule has 1 rings (SSSR count). The predicted molar refractivity (Wildman–Crippen MR) is 52.2 cm³/mol. The first-order valence-corrected chi connectivity index (χ1v) is 4.76. The summed E-state index contributed by atoms with van der Waals surface area (Å²) in [5.74, 6) is -0.159. The molecule has 0 unspecified atom stereocenters. The van der Waals surface area contributed by atoms with Crippen molar-refractivity contribution in [1.82, 2.24) is 5.32 Å². The molecule has 0 fully saturated rings. The van der Waals surface area contributed by atoms with Gasteiger partial charge in [-0.25, -0.2) is 4.79 Å². The molecule has 0 amide bonds. The van der Waals surface area contributed by atoms with E-state index in [1.807, 2.05) is 0 Å². The fraction of sp³-hybridized carbons (Fsp3) is 0.500. The van der Waals surface area contributed by atoms with Crippen molar-refractivity contribution >= 4 is 5.97 Å². The lowest BCUT2D eigenvalue weighted by atomic mass is 10.4. The summed E-state index contributed by atoms with van der Waals surface area (Å²) in [5, 5.41) is 3.13. The minimum absolute atomic E-state index is 0.250. The maximum Gasteiger partial charge on any atom is 0.374 e. The summed E-state index contributed by atoms with van der Waals surface area (Å²) in [4.78, 5) is 11.2. The highest BCUT2D eigenvalue weighted by atomic mass is 16.5. The van der Waals surface area contributed by atoms with Crippen LogP contribution in [0.1, 0.15) is 23.9 Å². The average molecular weight is 197 g/mol. The van der Waals surface area contributed by atoms with Crippen LogP contribution in [0.15, 0.2) is 22.8 Å². The molecule has 78 valence electrons. The highest BCUT2D eigenvalue weighted by molar-refractivity contribution is 5.86. The maximum atomic E-state index is 11.2. The average Bonchev–Trinajstić information content (AvgIpc) is 2.70. The molecule has 4 nitrogen and oxygen atoms in total. The summed E-state index contributed by atoms with van der Waals surface area (Å²) in [5.41, 5.74) is 0. The Kier molecular flexibility index (Phi) is 4.78. The highest BCUT2D eigenvalue weighted by Crippen LogP contribution is 2.01. The molecule has 14 heavy (non-hydrogen) atoms. The lowest BCUT2D eigenvalue weighted by molar-refractivity contribution is 0.0472. The van der Waals surface area contributed by atoms with E-state index in [4.69, 9.17) is 9.15 Å². The second-order valence-electron chi connectivity index (χ2n) is 2.86. The SMILES string of the molecule is CCCNCCOC(=O)c1ccco1. The van der Waals surface area contributed by atoms with Crippen molar-refractivity contribution in [2.75, 3.05) is 19.7 Å². The molecule has 1 heterocycles. The monoisotopic (exact) mass is 197 g/mol. The fourth-order valence-corrected chi connectivity index (χ4v) is 0.984. The molecule has 0 saturated heterocycles. The summed E-state index contributed by atoms with van der Waals surface area (Å²) in [6.45, 7) is 4.08. The molecule has 0 bridgehead atoms. The van der Waals surface area contributed by atoms with E-state index in [1.165, 1.54) is 6.26 Å². The minimum atomic E-state index is -0.409. The standard InChI is InChI=1S/C10H15NO3/c1-2-5-11-6-8-14-10(12)9-4-3-7-13-9/h3-4,7,11H,2,5-6,8H2,1H3. The van der Waals surface area contributed by atoms with Gasteiger partial charge in [0.2, 0.25) is 5.76 Å². The number of nitrogens with one attached hydrogen (secondary N) is 1. The molecular formula is C10H15NO3. The predicted octanol–water partition coefficient (Wildman–Crippen LogP) is 1.44. The number of carbonyl (C=O) groups is 1. The molecule has 0 aromatic carbocycles. The van der Waals surface area contributed by atoms with Crippen LogP contribution in [0.5, 0.6) is 0 Å². The van der Waals surface area contributed by atoms with Crippen LogP contribution in [-0.2, 0) is 4.74 Å². The van der Waals surface area contributed by atoms with Gasteiger partial charge in [-0.3, -0.25) is 0 Å². The first-order valence-electron chi connectivity index (χ1n) is 4.76. The summed E-state index contributed by atoms with van der Waals surface area (Å²) in [6.07, 6.45) is 2.53. The third kappa shape index (κ3) is 3.62. The zero-order chi connectivity index (χ0) is 10.2. The van der Waals surface area contributed by atoms with E-state index in [0.29, 0.717) is 13.2 Å². The Morgan fingerprint density at radius 2 is 2.43 bits per heavy atom. The molecular weight excluding hydrogens is 182 g/mol. The lowest BCUT2D eigenvalue weighted by Crippen LogP contribution is -2.21. The second kappa shape index (κ2) is 6.21. The van der Waals surface area contributed by atoms with Gasteiger partial charge in [0.25, 0.3) is 0 Å². The molecule has 0 radical (unpaired) electrons. The Labute approximate surface area is 83.2 Å². The topological polar surface area (TPSA) is 51.5 Å². The van der Waals surface area contributed by atoms with Crippen molar-refractivity contribution < 1.29 is 13.9 Å². The van der Waals surface area contributed by atoms with Gasteiger partial charge in [0.05, 0.1) is 6.26 Å². The van der Waals surface area contributed by atoms with Crippen molar-refractivity contribution in [2.24, 2.45) is 0 Å². The molecule has 4 heteroatoms. The normalized spacial score (nSPS) is 10.1. The Bertz CT molecular complexity index is 256. The van der Waals surface area contributed by atoms with Crippen LogP contribution >= 0.6 is 0 Å². The lowest BCUT2D eigenvalue weighted by Gasteiger charge is -2.03. The minimum Gasteiger partial charge on any atom is -0.458 e. The largest absolute Gasteiger partial charge is 0.458 e. The van der Waals surface area contributed by atoms with Crippen LogP contribution in [0.4, 0.5) is 0 Å². The number of rotatable bonds is 6. The van der Waals surface area contributed by atoms with Crippen molar-refractivity contribution in [1.29, 1.82) is 0 Å².